The Morgan fingerprint density at radius 2 is 2.15 bits per heavy atom. The van der Waals surface area contributed by atoms with E-state index in [-0.39, 0.29) is 5.91 Å². The van der Waals surface area contributed by atoms with Gasteiger partial charge in [-0.1, -0.05) is 32.5 Å². The molecule has 1 amide bonds. The molecule has 27 heavy (non-hydrogen) atoms. The maximum Gasteiger partial charge on any atom is 0.277 e. The second-order valence-corrected chi connectivity index (χ2v) is 10.8. The number of carbonyl (C=O) groups is 1. The second kappa shape index (κ2) is 7.59. The van der Waals surface area contributed by atoms with Gasteiger partial charge in [-0.15, -0.1) is 21.5 Å². The van der Waals surface area contributed by atoms with Crippen molar-refractivity contribution in [3.8, 4) is 10.8 Å². The molecule has 1 N–H and O–H groups in total. The standard InChI is InChI=1S/C20H27N3O2S2/c1-20(2,3)14-6-7-15-13(8-14)9-16(27-15)18-22-23-19(25-18)26-11-17(24)21-10-12-4-5-12/h9,12,14H,4-8,10-11H2,1-3H3,(H,21,24). The maximum absolute atomic E-state index is 11.9. The molecule has 2 heterocycles. The van der Waals surface area contributed by atoms with Crippen LogP contribution in [0.3, 0.4) is 0 Å². The summed E-state index contributed by atoms with van der Waals surface area (Å²) in [5, 5.41) is 11.7. The number of thioether (sulfide) groups is 1. The molecule has 7 heteroatoms. The molecule has 0 spiro atoms. The van der Waals surface area contributed by atoms with E-state index in [1.165, 1.54) is 41.5 Å². The van der Waals surface area contributed by atoms with Gasteiger partial charge in [0.15, 0.2) is 0 Å². The molecule has 4 rings (SSSR count). The van der Waals surface area contributed by atoms with Crippen LogP contribution in [-0.2, 0) is 17.6 Å². The van der Waals surface area contributed by atoms with E-state index >= 15 is 0 Å². The van der Waals surface area contributed by atoms with E-state index in [1.807, 2.05) is 0 Å². The zero-order valence-electron chi connectivity index (χ0n) is 16.2. The molecule has 5 nitrogen and oxygen atoms in total. The third-order valence-electron chi connectivity index (χ3n) is 5.54. The molecule has 0 saturated heterocycles. The predicted molar refractivity (Wildman–Crippen MR) is 109 cm³/mol. The summed E-state index contributed by atoms with van der Waals surface area (Å²) in [6.07, 6.45) is 5.99. The summed E-state index contributed by atoms with van der Waals surface area (Å²) in [5.41, 5.74) is 1.78. The number of carbonyl (C=O) groups excluding carboxylic acids is 1. The van der Waals surface area contributed by atoms with Crippen molar-refractivity contribution < 1.29 is 9.21 Å². The minimum atomic E-state index is 0.0338. The van der Waals surface area contributed by atoms with Crippen molar-refractivity contribution in [2.24, 2.45) is 17.3 Å². The molecular weight excluding hydrogens is 378 g/mol. The highest BCUT2D eigenvalue weighted by atomic mass is 32.2. The van der Waals surface area contributed by atoms with Gasteiger partial charge in [0.25, 0.3) is 11.1 Å². The average molecular weight is 406 g/mol. The number of aromatic nitrogens is 2. The fraction of sp³-hybridized carbons (Fsp3) is 0.650. The third kappa shape index (κ3) is 4.74. The lowest BCUT2D eigenvalue weighted by Crippen LogP contribution is -2.27. The lowest BCUT2D eigenvalue weighted by molar-refractivity contribution is -0.118. The van der Waals surface area contributed by atoms with E-state index in [0.717, 1.165) is 30.2 Å². The summed E-state index contributed by atoms with van der Waals surface area (Å²) in [6.45, 7) is 7.79. The Bertz CT molecular complexity index is 818. The van der Waals surface area contributed by atoms with Gasteiger partial charge in [0, 0.05) is 11.4 Å². The van der Waals surface area contributed by atoms with Crippen LogP contribution >= 0.6 is 23.1 Å². The van der Waals surface area contributed by atoms with Crippen molar-refractivity contribution in [2.45, 2.75) is 58.1 Å². The van der Waals surface area contributed by atoms with Crippen molar-refractivity contribution in [1.82, 2.24) is 15.5 Å². The van der Waals surface area contributed by atoms with Crippen LogP contribution in [0.25, 0.3) is 10.8 Å². The number of rotatable bonds is 6. The Kier molecular flexibility index (Phi) is 5.34. The average Bonchev–Trinajstić information content (AvgIpc) is 3.16. The zero-order chi connectivity index (χ0) is 19.0. The van der Waals surface area contributed by atoms with Gasteiger partial charge < -0.3 is 9.73 Å². The normalized spacial score (nSPS) is 19.7. The number of hydrogen-bond donors (Lipinski definition) is 1. The number of nitrogens with zero attached hydrogens (tertiary/aromatic N) is 2. The highest BCUT2D eigenvalue weighted by Gasteiger charge is 2.30. The zero-order valence-corrected chi connectivity index (χ0v) is 17.8. The minimum absolute atomic E-state index is 0.0338. The minimum Gasteiger partial charge on any atom is -0.410 e. The van der Waals surface area contributed by atoms with E-state index in [0.29, 0.717) is 28.2 Å². The van der Waals surface area contributed by atoms with Crippen LogP contribution in [0.15, 0.2) is 15.7 Å². The predicted octanol–water partition coefficient (Wildman–Crippen LogP) is 4.57. The number of amides is 1. The van der Waals surface area contributed by atoms with Gasteiger partial charge in [-0.25, -0.2) is 0 Å². The summed E-state index contributed by atoms with van der Waals surface area (Å²) < 4.78 is 5.80. The number of nitrogens with one attached hydrogen (secondary N) is 1. The number of fused-ring (bicyclic) bond motifs is 1. The lowest BCUT2D eigenvalue weighted by atomic mass is 9.72. The van der Waals surface area contributed by atoms with Crippen LogP contribution in [0.4, 0.5) is 0 Å². The smallest absolute Gasteiger partial charge is 0.277 e. The highest BCUT2D eigenvalue weighted by Crippen LogP contribution is 2.42. The van der Waals surface area contributed by atoms with Crippen molar-refractivity contribution in [3.63, 3.8) is 0 Å². The van der Waals surface area contributed by atoms with E-state index in [1.54, 1.807) is 11.3 Å². The molecule has 0 radical (unpaired) electrons. The van der Waals surface area contributed by atoms with E-state index < -0.39 is 0 Å². The van der Waals surface area contributed by atoms with Gasteiger partial charge >= 0.3 is 0 Å². The fourth-order valence-corrected chi connectivity index (χ4v) is 5.22. The van der Waals surface area contributed by atoms with Gasteiger partial charge in [0.2, 0.25) is 5.91 Å². The van der Waals surface area contributed by atoms with Gasteiger partial charge in [-0.3, -0.25) is 4.79 Å². The van der Waals surface area contributed by atoms with Gasteiger partial charge in [-0.2, -0.15) is 0 Å². The molecule has 2 aliphatic rings. The molecule has 1 fully saturated rings. The summed E-state index contributed by atoms with van der Waals surface area (Å²) in [7, 11) is 0. The molecule has 1 atom stereocenters. The van der Waals surface area contributed by atoms with Crippen LogP contribution in [0.5, 0.6) is 0 Å². The van der Waals surface area contributed by atoms with E-state index in [2.05, 4.69) is 42.4 Å². The van der Waals surface area contributed by atoms with E-state index in [4.69, 9.17) is 4.42 Å². The maximum atomic E-state index is 11.9. The molecule has 1 unspecified atom stereocenters. The van der Waals surface area contributed by atoms with Crippen molar-refractivity contribution in [3.05, 3.63) is 16.5 Å². The van der Waals surface area contributed by atoms with Crippen molar-refractivity contribution in [2.75, 3.05) is 12.3 Å². The number of thiophene rings is 1. The Balaban J connectivity index is 1.36. The molecular formula is C20H27N3O2S2. The molecule has 2 aliphatic carbocycles. The van der Waals surface area contributed by atoms with Crippen LogP contribution in [0, 0.1) is 17.3 Å². The first-order valence-corrected chi connectivity index (χ1v) is 11.5. The topological polar surface area (TPSA) is 68.0 Å². The van der Waals surface area contributed by atoms with Crippen LogP contribution in [-0.4, -0.2) is 28.4 Å². The van der Waals surface area contributed by atoms with E-state index in [9.17, 15) is 4.79 Å². The van der Waals surface area contributed by atoms with Gasteiger partial charge in [0.1, 0.15) is 0 Å². The quantitative estimate of drug-likeness (QED) is 0.713. The fourth-order valence-electron chi connectivity index (χ4n) is 3.49. The SMILES string of the molecule is CC(C)(C)C1CCc2sc(-c3nnc(SCC(=O)NCC4CC4)o3)cc2C1. The first-order chi connectivity index (χ1) is 12.9. The largest absolute Gasteiger partial charge is 0.410 e. The lowest BCUT2D eigenvalue weighted by Gasteiger charge is -2.33. The molecule has 2 aromatic heterocycles. The second-order valence-electron chi connectivity index (χ2n) is 8.77. The summed E-state index contributed by atoms with van der Waals surface area (Å²) >= 11 is 3.08. The Hall–Kier alpha value is -1.34. The Morgan fingerprint density at radius 3 is 2.89 bits per heavy atom. The Morgan fingerprint density at radius 1 is 1.33 bits per heavy atom. The summed E-state index contributed by atoms with van der Waals surface area (Å²) in [5.74, 6) is 2.34. The van der Waals surface area contributed by atoms with Crippen molar-refractivity contribution in [1.29, 1.82) is 0 Å². The molecule has 2 aromatic rings. The highest BCUT2D eigenvalue weighted by molar-refractivity contribution is 7.99. The molecule has 0 aromatic carbocycles. The van der Waals surface area contributed by atoms with Crippen LogP contribution in [0.1, 0.15) is 50.5 Å². The summed E-state index contributed by atoms with van der Waals surface area (Å²) in [4.78, 5) is 14.4. The van der Waals surface area contributed by atoms with Crippen LogP contribution < -0.4 is 5.32 Å². The molecule has 0 bridgehead atoms. The first-order valence-electron chi connectivity index (χ1n) is 9.73. The van der Waals surface area contributed by atoms with Gasteiger partial charge in [-0.05, 0) is 61.0 Å². The van der Waals surface area contributed by atoms with Crippen LogP contribution in [0.2, 0.25) is 0 Å². The molecule has 0 aliphatic heterocycles. The van der Waals surface area contributed by atoms with Gasteiger partial charge in [0.05, 0.1) is 10.6 Å². The summed E-state index contributed by atoms with van der Waals surface area (Å²) in [6, 6.07) is 2.22. The number of aryl methyl sites for hydroxylation is 1. The monoisotopic (exact) mass is 405 g/mol. The third-order valence-corrected chi connectivity index (χ3v) is 7.58. The first kappa shape index (κ1) is 19.0. The molecule has 1 saturated carbocycles. The molecule has 146 valence electrons. The number of hydrogen-bond acceptors (Lipinski definition) is 6. The Labute approximate surface area is 168 Å². The van der Waals surface area contributed by atoms with Crippen molar-refractivity contribution >= 4 is 29.0 Å².